The Balaban J connectivity index is 2.95. The number of hydrogen-bond acceptors (Lipinski definition) is 2. The van der Waals surface area contributed by atoms with E-state index in [9.17, 15) is 4.79 Å². The maximum absolute atomic E-state index is 10.4. The molecule has 0 atom stereocenters. The Labute approximate surface area is 78.5 Å². The first-order valence-electron chi connectivity index (χ1n) is 4.44. The van der Waals surface area contributed by atoms with Gasteiger partial charge in [0.1, 0.15) is 12.0 Å². The molecule has 0 fully saturated rings. The molecule has 0 amide bonds. The van der Waals surface area contributed by atoms with Gasteiger partial charge in [-0.05, 0) is 25.5 Å². The molecule has 0 saturated heterocycles. The predicted molar refractivity (Wildman–Crippen MR) is 52.1 cm³/mol. The smallest absolute Gasteiger partial charge is 0.124 e. The number of carbonyl (C=O) groups is 1. The topological polar surface area (TPSA) is 26.3 Å². The average molecular weight is 178 g/mol. The van der Waals surface area contributed by atoms with Crippen molar-refractivity contribution in [1.82, 2.24) is 0 Å². The molecule has 0 spiro atoms. The Morgan fingerprint density at radius 3 is 2.85 bits per heavy atom. The molecule has 1 rings (SSSR count). The van der Waals surface area contributed by atoms with Crippen molar-refractivity contribution in [2.45, 2.75) is 20.3 Å². The third kappa shape index (κ3) is 2.58. The second kappa shape index (κ2) is 4.65. The fraction of sp³-hybridized carbons (Fsp3) is 0.364. The van der Waals surface area contributed by atoms with E-state index >= 15 is 0 Å². The molecular formula is C11H14O2. The van der Waals surface area contributed by atoms with Crippen LogP contribution in [0.15, 0.2) is 18.2 Å². The highest BCUT2D eigenvalue weighted by Gasteiger charge is 2.02. The molecule has 2 heteroatoms. The van der Waals surface area contributed by atoms with Crippen LogP contribution in [0.1, 0.15) is 18.1 Å². The quantitative estimate of drug-likeness (QED) is 0.660. The Morgan fingerprint density at radius 1 is 1.46 bits per heavy atom. The summed E-state index contributed by atoms with van der Waals surface area (Å²) in [5, 5.41) is 0. The van der Waals surface area contributed by atoms with Gasteiger partial charge >= 0.3 is 0 Å². The summed E-state index contributed by atoms with van der Waals surface area (Å²) in [5.74, 6) is 0.828. The van der Waals surface area contributed by atoms with Crippen LogP contribution < -0.4 is 4.74 Å². The SMILES string of the molecule is CCOc1cc(C)ccc1CC=O. The highest BCUT2D eigenvalue weighted by atomic mass is 16.5. The monoisotopic (exact) mass is 178 g/mol. The Morgan fingerprint density at radius 2 is 2.23 bits per heavy atom. The van der Waals surface area contributed by atoms with Crippen molar-refractivity contribution in [3.63, 3.8) is 0 Å². The number of ether oxygens (including phenoxy) is 1. The van der Waals surface area contributed by atoms with Gasteiger partial charge in [-0.3, -0.25) is 0 Å². The normalized spacial score (nSPS) is 9.69. The van der Waals surface area contributed by atoms with Crippen molar-refractivity contribution >= 4 is 6.29 Å². The van der Waals surface area contributed by atoms with Crippen molar-refractivity contribution < 1.29 is 9.53 Å². The average Bonchev–Trinajstić information content (AvgIpc) is 2.10. The fourth-order valence-electron chi connectivity index (χ4n) is 1.21. The zero-order valence-electron chi connectivity index (χ0n) is 8.04. The van der Waals surface area contributed by atoms with E-state index in [0.29, 0.717) is 13.0 Å². The summed E-state index contributed by atoms with van der Waals surface area (Å²) >= 11 is 0. The van der Waals surface area contributed by atoms with Crippen molar-refractivity contribution in [3.05, 3.63) is 29.3 Å². The van der Waals surface area contributed by atoms with E-state index in [1.54, 1.807) is 0 Å². The summed E-state index contributed by atoms with van der Waals surface area (Å²) in [5.41, 5.74) is 2.11. The molecule has 70 valence electrons. The first-order valence-corrected chi connectivity index (χ1v) is 4.44. The van der Waals surface area contributed by atoms with Crippen molar-refractivity contribution in [3.8, 4) is 5.75 Å². The first-order chi connectivity index (χ1) is 6.27. The van der Waals surface area contributed by atoms with Gasteiger partial charge in [0.15, 0.2) is 0 Å². The fourth-order valence-corrected chi connectivity index (χ4v) is 1.21. The van der Waals surface area contributed by atoms with E-state index in [2.05, 4.69) is 0 Å². The van der Waals surface area contributed by atoms with Gasteiger partial charge in [0, 0.05) is 12.0 Å². The third-order valence-electron chi connectivity index (χ3n) is 1.83. The Kier molecular flexibility index (Phi) is 3.50. The zero-order valence-corrected chi connectivity index (χ0v) is 8.04. The molecule has 0 unspecified atom stereocenters. The van der Waals surface area contributed by atoms with E-state index in [1.807, 2.05) is 32.0 Å². The third-order valence-corrected chi connectivity index (χ3v) is 1.83. The minimum atomic E-state index is 0.426. The summed E-state index contributed by atoms with van der Waals surface area (Å²) in [7, 11) is 0. The van der Waals surface area contributed by atoms with Crippen LogP contribution in [-0.2, 0) is 11.2 Å². The van der Waals surface area contributed by atoms with Gasteiger partial charge < -0.3 is 9.53 Å². The number of rotatable bonds is 4. The second-order valence-corrected chi connectivity index (χ2v) is 2.91. The number of hydrogen-bond donors (Lipinski definition) is 0. The van der Waals surface area contributed by atoms with Gasteiger partial charge in [0.05, 0.1) is 6.61 Å². The van der Waals surface area contributed by atoms with Crippen LogP contribution >= 0.6 is 0 Å². The van der Waals surface area contributed by atoms with E-state index in [4.69, 9.17) is 4.74 Å². The standard InChI is InChI=1S/C11H14O2/c1-3-13-11-8-9(2)4-5-10(11)6-7-12/h4-5,7-8H,3,6H2,1-2H3. The summed E-state index contributed by atoms with van der Waals surface area (Å²) < 4.78 is 5.41. The molecule has 0 aliphatic carbocycles. The summed E-state index contributed by atoms with van der Waals surface area (Å²) in [6.07, 6.45) is 1.32. The zero-order chi connectivity index (χ0) is 9.68. The molecule has 13 heavy (non-hydrogen) atoms. The van der Waals surface area contributed by atoms with Gasteiger partial charge in [-0.2, -0.15) is 0 Å². The van der Waals surface area contributed by atoms with Crippen LogP contribution in [-0.4, -0.2) is 12.9 Å². The van der Waals surface area contributed by atoms with Crippen LogP contribution in [0.2, 0.25) is 0 Å². The molecule has 0 saturated carbocycles. The summed E-state index contributed by atoms with van der Waals surface area (Å²) in [4.78, 5) is 10.4. The number of benzene rings is 1. The molecule has 0 N–H and O–H groups in total. The molecule has 0 aromatic heterocycles. The van der Waals surface area contributed by atoms with Gasteiger partial charge in [0.25, 0.3) is 0 Å². The molecule has 0 aliphatic rings. The molecule has 0 radical (unpaired) electrons. The highest BCUT2D eigenvalue weighted by Crippen LogP contribution is 2.20. The van der Waals surface area contributed by atoms with E-state index in [1.165, 1.54) is 0 Å². The molecule has 1 aromatic rings. The van der Waals surface area contributed by atoms with E-state index in [0.717, 1.165) is 23.2 Å². The molecule has 0 bridgehead atoms. The van der Waals surface area contributed by atoms with E-state index in [-0.39, 0.29) is 0 Å². The van der Waals surface area contributed by atoms with Crippen LogP contribution in [0.3, 0.4) is 0 Å². The lowest BCUT2D eigenvalue weighted by molar-refractivity contribution is -0.107. The molecular weight excluding hydrogens is 164 g/mol. The number of carbonyl (C=O) groups excluding carboxylic acids is 1. The van der Waals surface area contributed by atoms with Crippen molar-refractivity contribution in [1.29, 1.82) is 0 Å². The van der Waals surface area contributed by atoms with Crippen LogP contribution in [0.4, 0.5) is 0 Å². The van der Waals surface area contributed by atoms with Crippen LogP contribution in [0.25, 0.3) is 0 Å². The van der Waals surface area contributed by atoms with Crippen molar-refractivity contribution in [2.24, 2.45) is 0 Å². The lowest BCUT2D eigenvalue weighted by atomic mass is 10.1. The van der Waals surface area contributed by atoms with Gasteiger partial charge in [-0.15, -0.1) is 0 Å². The molecule has 0 heterocycles. The minimum Gasteiger partial charge on any atom is -0.494 e. The Hall–Kier alpha value is -1.31. The maximum atomic E-state index is 10.4. The van der Waals surface area contributed by atoms with E-state index < -0.39 is 0 Å². The predicted octanol–water partition coefficient (Wildman–Crippen LogP) is 2.14. The van der Waals surface area contributed by atoms with Gasteiger partial charge in [0.2, 0.25) is 0 Å². The molecule has 0 aliphatic heterocycles. The summed E-state index contributed by atoms with van der Waals surface area (Å²) in [6.45, 7) is 4.58. The lowest BCUT2D eigenvalue weighted by Gasteiger charge is -2.08. The van der Waals surface area contributed by atoms with Gasteiger partial charge in [-0.25, -0.2) is 0 Å². The second-order valence-electron chi connectivity index (χ2n) is 2.91. The number of aryl methyl sites for hydroxylation is 1. The number of aldehydes is 1. The lowest BCUT2D eigenvalue weighted by Crippen LogP contribution is -1.97. The molecule has 1 aromatic carbocycles. The van der Waals surface area contributed by atoms with Gasteiger partial charge in [-0.1, -0.05) is 12.1 Å². The van der Waals surface area contributed by atoms with Crippen molar-refractivity contribution in [2.75, 3.05) is 6.61 Å². The Bertz CT molecular complexity index is 292. The maximum Gasteiger partial charge on any atom is 0.124 e. The molecule has 2 nitrogen and oxygen atoms in total. The first kappa shape index (κ1) is 9.78. The largest absolute Gasteiger partial charge is 0.494 e. The highest BCUT2D eigenvalue weighted by molar-refractivity contribution is 5.57. The van der Waals surface area contributed by atoms with Crippen LogP contribution in [0.5, 0.6) is 5.75 Å². The minimum absolute atomic E-state index is 0.426. The summed E-state index contributed by atoms with van der Waals surface area (Å²) in [6, 6.07) is 5.89. The van der Waals surface area contributed by atoms with Crippen LogP contribution in [0, 0.1) is 6.92 Å².